The fourth-order valence-electron chi connectivity index (χ4n) is 3.33. The molecule has 0 aliphatic rings. The average molecular weight is 352 g/mol. The SMILES string of the molecule is CCC(C(=O)NCc1cncn1CC)n1cc(C(C)=O)c2ccccc21. The first kappa shape index (κ1) is 17.9. The van der Waals surface area contributed by atoms with Gasteiger partial charge >= 0.3 is 0 Å². The molecule has 0 fully saturated rings. The molecule has 0 radical (unpaired) electrons. The number of nitrogens with zero attached hydrogens (tertiary/aromatic N) is 3. The molecule has 6 nitrogen and oxygen atoms in total. The van der Waals surface area contributed by atoms with E-state index < -0.39 is 0 Å². The van der Waals surface area contributed by atoms with E-state index in [1.54, 1.807) is 25.6 Å². The normalized spacial score (nSPS) is 12.3. The number of fused-ring (bicyclic) bond motifs is 1. The van der Waals surface area contributed by atoms with E-state index in [1.807, 2.05) is 47.2 Å². The number of aromatic nitrogens is 3. The van der Waals surface area contributed by atoms with Crippen LogP contribution in [-0.2, 0) is 17.9 Å². The van der Waals surface area contributed by atoms with Crippen LogP contribution in [-0.4, -0.2) is 25.8 Å². The molecule has 3 rings (SSSR count). The lowest BCUT2D eigenvalue weighted by molar-refractivity contribution is -0.124. The molecule has 1 N–H and O–H groups in total. The Morgan fingerprint density at radius 2 is 2.00 bits per heavy atom. The van der Waals surface area contributed by atoms with Crippen LogP contribution >= 0.6 is 0 Å². The van der Waals surface area contributed by atoms with Crippen LogP contribution in [0.3, 0.4) is 0 Å². The van der Waals surface area contributed by atoms with Crippen LogP contribution in [0.1, 0.15) is 49.3 Å². The van der Waals surface area contributed by atoms with Crippen molar-refractivity contribution in [3.8, 4) is 0 Å². The van der Waals surface area contributed by atoms with Gasteiger partial charge in [-0.25, -0.2) is 4.98 Å². The smallest absolute Gasteiger partial charge is 0.243 e. The predicted octanol–water partition coefficient (Wildman–Crippen LogP) is 3.33. The first-order valence-corrected chi connectivity index (χ1v) is 8.94. The summed E-state index contributed by atoms with van der Waals surface area (Å²) in [6, 6.07) is 7.34. The maximum Gasteiger partial charge on any atom is 0.243 e. The third-order valence-corrected chi connectivity index (χ3v) is 4.73. The van der Waals surface area contributed by atoms with E-state index in [0.717, 1.165) is 23.1 Å². The number of para-hydroxylation sites is 1. The summed E-state index contributed by atoms with van der Waals surface area (Å²) in [5.74, 6) is -0.0609. The molecule has 2 aromatic heterocycles. The molecule has 26 heavy (non-hydrogen) atoms. The number of ketones is 1. The molecular formula is C20H24N4O2. The van der Waals surface area contributed by atoms with Gasteiger partial charge in [0, 0.05) is 35.4 Å². The van der Waals surface area contributed by atoms with E-state index in [4.69, 9.17) is 0 Å². The summed E-state index contributed by atoms with van der Waals surface area (Å²) in [6.07, 6.45) is 5.97. The van der Waals surface area contributed by atoms with Gasteiger partial charge in [0.25, 0.3) is 0 Å². The summed E-state index contributed by atoms with van der Waals surface area (Å²) in [4.78, 5) is 29.0. The van der Waals surface area contributed by atoms with Gasteiger partial charge in [-0.05, 0) is 26.3 Å². The van der Waals surface area contributed by atoms with Crippen molar-refractivity contribution >= 4 is 22.6 Å². The van der Waals surface area contributed by atoms with Crippen LogP contribution in [0.4, 0.5) is 0 Å². The lowest BCUT2D eigenvalue weighted by Gasteiger charge is -2.18. The first-order valence-electron chi connectivity index (χ1n) is 8.94. The molecular weight excluding hydrogens is 328 g/mol. The van der Waals surface area contributed by atoms with E-state index in [0.29, 0.717) is 18.5 Å². The Morgan fingerprint density at radius 3 is 2.69 bits per heavy atom. The van der Waals surface area contributed by atoms with Crippen LogP contribution in [0.2, 0.25) is 0 Å². The lowest BCUT2D eigenvalue weighted by atomic mass is 10.1. The van der Waals surface area contributed by atoms with Gasteiger partial charge in [0.1, 0.15) is 6.04 Å². The van der Waals surface area contributed by atoms with Gasteiger partial charge in [0.15, 0.2) is 5.78 Å². The zero-order valence-electron chi connectivity index (χ0n) is 15.4. The number of Topliss-reactive ketones (excluding diaryl/α,β-unsaturated/α-hetero) is 1. The molecule has 1 amide bonds. The number of hydrogen-bond acceptors (Lipinski definition) is 3. The molecule has 136 valence electrons. The van der Waals surface area contributed by atoms with Gasteiger partial charge < -0.3 is 14.5 Å². The van der Waals surface area contributed by atoms with Gasteiger partial charge in [0.2, 0.25) is 5.91 Å². The second-order valence-corrected chi connectivity index (χ2v) is 6.34. The summed E-state index contributed by atoms with van der Waals surface area (Å²) in [5.41, 5.74) is 2.52. The lowest BCUT2D eigenvalue weighted by Crippen LogP contribution is -2.32. The van der Waals surface area contributed by atoms with Crippen molar-refractivity contribution in [2.45, 2.75) is 46.3 Å². The molecule has 0 bridgehead atoms. The zero-order valence-corrected chi connectivity index (χ0v) is 15.4. The second-order valence-electron chi connectivity index (χ2n) is 6.34. The fraction of sp³-hybridized carbons (Fsp3) is 0.350. The van der Waals surface area contributed by atoms with Crippen molar-refractivity contribution in [1.82, 2.24) is 19.4 Å². The van der Waals surface area contributed by atoms with Gasteiger partial charge in [-0.2, -0.15) is 0 Å². The van der Waals surface area contributed by atoms with Crippen molar-refractivity contribution in [3.05, 3.63) is 54.2 Å². The minimum Gasteiger partial charge on any atom is -0.349 e. The maximum atomic E-state index is 12.8. The van der Waals surface area contributed by atoms with Crippen molar-refractivity contribution in [2.24, 2.45) is 0 Å². The molecule has 2 heterocycles. The van der Waals surface area contributed by atoms with Crippen LogP contribution in [0.5, 0.6) is 0 Å². The number of amides is 1. The summed E-state index contributed by atoms with van der Waals surface area (Å²) in [5, 5.41) is 3.89. The Hall–Kier alpha value is -2.89. The highest BCUT2D eigenvalue weighted by molar-refractivity contribution is 6.07. The van der Waals surface area contributed by atoms with Gasteiger partial charge in [-0.15, -0.1) is 0 Å². The van der Waals surface area contributed by atoms with E-state index in [1.165, 1.54) is 0 Å². The van der Waals surface area contributed by atoms with Crippen molar-refractivity contribution < 1.29 is 9.59 Å². The molecule has 0 aliphatic carbocycles. The topological polar surface area (TPSA) is 68.9 Å². The Balaban J connectivity index is 1.88. The predicted molar refractivity (Wildman–Crippen MR) is 101 cm³/mol. The third kappa shape index (κ3) is 3.27. The summed E-state index contributed by atoms with van der Waals surface area (Å²) >= 11 is 0. The zero-order chi connectivity index (χ0) is 18.7. The largest absolute Gasteiger partial charge is 0.349 e. The molecule has 1 unspecified atom stereocenters. The van der Waals surface area contributed by atoms with E-state index in [2.05, 4.69) is 10.3 Å². The highest BCUT2D eigenvalue weighted by Crippen LogP contribution is 2.26. The summed E-state index contributed by atoms with van der Waals surface area (Å²) < 4.78 is 3.92. The molecule has 0 saturated carbocycles. The van der Waals surface area contributed by atoms with Gasteiger partial charge in [-0.3, -0.25) is 9.59 Å². The van der Waals surface area contributed by atoms with Gasteiger partial charge in [0.05, 0.1) is 18.6 Å². The van der Waals surface area contributed by atoms with Crippen LogP contribution < -0.4 is 5.32 Å². The van der Waals surface area contributed by atoms with E-state index in [9.17, 15) is 9.59 Å². The number of benzene rings is 1. The van der Waals surface area contributed by atoms with Crippen LogP contribution in [0.25, 0.3) is 10.9 Å². The van der Waals surface area contributed by atoms with E-state index >= 15 is 0 Å². The number of rotatable bonds is 7. The molecule has 3 aromatic rings. The Labute approximate surface area is 152 Å². The highest BCUT2D eigenvalue weighted by atomic mass is 16.2. The van der Waals surface area contributed by atoms with Gasteiger partial charge in [-0.1, -0.05) is 25.1 Å². The minimum atomic E-state index is -0.369. The standard InChI is InChI=1S/C20H24N4O2/c1-4-18(20(26)22-11-15-10-21-13-23(15)5-2)24-12-17(14(3)25)16-8-6-7-9-19(16)24/h6-10,12-13,18H,4-5,11H2,1-3H3,(H,22,26). The van der Waals surface area contributed by atoms with Crippen LogP contribution in [0.15, 0.2) is 43.0 Å². The highest BCUT2D eigenvalue weighted by Gasteiger charge is 2.22. The number of nitrogens with one attached hydrogen (secondary N) is 1. The molecule has 0 spiro atoms. The number of aryl methyl sites for hydroxylation is 1. The first-order chi connectivity index (χ1) is 12.6. The monoisotopic (exact) mass is 352 g/mol. The average Bonchev–Trinajstić information content (AvgIpc) is 3.25. The minimum absolute atomic E-state index is 0.00191. The quantitative estimate of drug-likeness (QED) is 0.663. The fourth-order valence-corrected chi connectivity index (χ4v) is 3.33. The van der Waals surface area contributed by atoms with E-state index in [-0.39, 0.29) is 17.7 Å². The van der Waals surface area contributed by atoms with Crippen molar-refractivity contribution in [2.75, 3.05) is 0 Å². The molecule has 6 heteroatoms. The molecule has 0 saturated heterocycles. The second kappa shape index (κ2) is 7.56. The molecule has 0 aliphatic heterocycles. The molecule has 1 atom stereocenters. The van der Waals surface area contributed by atoms with Crippen LogP contribution in [0, 0.1) is 0 Å². The van der Waals surface area contributed by atoms with Crippen molar-refractivity contribution in [3.63, 3.8) is 0 Å². The number of carbonyl (C=O) groups is 2. The summed E-state index contributed by atoms with van der Waals surface area (Å²) in [6.45, 7) is 6.81. The Morgan fingerprint density at radius 1 is 1.23 bits per heavy atom. The third-order valence-electron chi connectivity index (χ3n) is 4.73. The summed E-state index contributed by atoms with van der Waals surface area (Å²) in [7, 11) is 0. The number of carbonyl (C=O) groups excluding carboxylic acids is 2. The molecule has 1 aromatic carbocycles. The number of imidazole rings is 1. The number of hydrogen-bond donors (Lipinski definition) is 1. The Kier molecular flexibility index (Phi) is 5.21. The Bertz CT molecular complexity index is 938. The maximum absolute atomic E-state index is 12.8. The van der Waals surface area contributed by atoms with Crippen molar-refractivity contribution in [1.29, 1.82) is 0 Å².